The molecule has 1 saturated carbocycles. The van der Waals surface area contributed by atoms with Gasteiger partial charge in [0.05, 0.1) is 22.1 Å². The highest BCUT2D eigenvalue weighted by molar-refractivity contribution is 7.13. The van der Waals surface area contributed by atoms with Gasteiger partial charge in [0.15, 0.2) is 0 Å². The highest BCUT2D eigenvalue weighted by atomic mass is 32.1. The fourth-order valence-electron chi connectivity index (χ4n) is 3.43. The highest BCUT2D eigenvalue weighted by Crippen LogP contribution is 2.30. The summed E-state index contributed by atoms with van der Waals surface area (Å²) in [6, 6.07) is 3.91. The lowest BCUT2D eigenvalue weighted by Crippen LogP contribution is -2.28. The van der Waals surface area contributed by atoms with Crippen molar-refractivity contribution in [3.8, 4) is 10.4 Å². The first-order chi connectivity index (χ1) is 12.7. The lowest BCUT2D eigenvalue weighted by Gasteiger charge is -2.26. The van der Waals surface area contributed by atoms with Crippen molar-refractivity contribution < 1.29 is 9.90 Å². The quantitative estimate of drug-likeness (QED) is 0.736. The van der Waals surface area contributed by atoms with Crippen LogP contribution < -0.4 is 5.32 Å². The smallest absolute Gasteiger partial charge is 0.228 e. The molecule has 3 aromatic rings. The number of carbonyl (C=O) groups is 1. The molecule has 0 spiro atoms. The van der Waals surface area contributed by atoms with Gasteiger partial charge in [-0.05, 0) is 43.7 Å². The predicted octanol–water partition coefficient (Wildman–Crippen LogP) is 3.49. The van der Waals surface area contributed by atoms with Gasteiger partial charge in [-0.3, -0.25) is 14.8 Å². The van der Waals surface area contributed by atoms with E-state index in [1.807, 2.05) is 24.5 Å². The summed E-state index contributed by atoms with van der Waals surface area (Å²) in [5.74, 6) is 0.904. The zero-order valence-corrected chi connectivity index (χ0v) is 15.1. The number of nitrogens with one attached hydrogen (secondary N) is 1. The molecule has 0 unspecified atom stereocenters. The molecule has 3 heterocycles. The van der Waals surface area contributed by atoms with E-state index < -0.39 is 0 Å². The van der Waals surface area contributed by atoms with Crippen molar-refractivity contribution in [1.29, 1.82) is 0 Å². The summed E-state index contributed by atoms with van der Waals surface area (Å²) >= 11 is 1.57. The van der Waals surface area contributed by atoms with Crippen molar-refractivity contribution in [2.45, 2.75) is 25.7 Å². The first-order valence-electron chi connectivity index (χ1n) is 8.79. The Hall–Kier alpha value is -2.38. The van der Waals surface area contributed by atoms with Crippen LogP contribution in [0.3, 0.4) is 0 Å². The number of fused-ring (bicyclic) bond motifs is 1. The normalized spacial score (nSPS) is 20.2. The van der Waals surface area contributed by atoms with Gasteiger partial charge in [-0.2, -0.15) is 0 Å². The topological polar surface area (TPSA) is 88.0 Å². The number of hydrogen-bond donors (Lipinski definition) is 2. The maximum absolute atomic E-state index is 12.5. The Bertz CT molecular complexity index is 905. The number of carbonyl (C=O) groups excluding carboxylic acids is 1. The third-order valence-electron chi connectivity index (χ3n) is 5.01. The summed E-state index contributed by atoms with van der Waals surface area (Å²) in [7, 11) is 0. The van der Waals surface area contributed by atoms with E-state index in [-0.39, 0.29) is 18.4 Å². The van der Waals surface area contributed by atoms with E-state index in [2.05, 4.69) is 20.3 Å². The Morgan fingerprint density at radius 2 is 2.00 bits per heavy atom. The van der Waals surface area contributed by atoms with Crippen molar-refractivity contribution in [1.82, 2.24) is 15.0 Å². The Morgan fingerprint density at radius 1 is 1.15 bits per heavy atom. The van der Waals surface area contributed by atoms with Crippen LogP contribution in [0.2, 0.25) is 0 Å². The molecule has 1 aliphatic rings. The van der Waals surface area contributed by atoms with Gasteiger partial charge in [0, 0.05) is 35.9 Å². The molecular weight excluding hydrogens is 348 g/mol. The molecule has 134 valence electrons. The van der Waals surface area contributed by atoms with Gasteiger partial charge in [0.25, 0.3) is 0 Å². The number of aliphatic hydroxyl groups excluding tert-OH is 1. The Balaban J connectivity index is 1.50. The van der Waals surface area contributed by atoms with E-state index >= 15 is 0 Å². The maximum Gasteiger partial charge on any atom is 0.228 e. The average molecular weight is 368 g/mol. The van der Waals surface area contributed by atoms with Crippen LogP contribution >= 0.6 is 11.3 Å². The van der Waals surface area contributed by atoms with Gasteiger partial charge >= 0.3 is 0 Å². The van der Waals surface area contributed by atoms with Crippen LogP contribution in [-0.4, -0.2) is 32.6 Å². The van der Waals surface area contributed by atoms with E-state index in [0.717, 1.165) is 47.0 Å². The van der Waals surface area contributed by atoms with Crippen LogP contribution in [0.5, 0.6) is 0 Å². The summed E-state index contributed by atoms with van der Waals surface area (Å²) in [4.78, 5) is 26.4. The van der Waals surface area contributed by atoms with E-state index in [1.54, 1.807) is 23.0 Å². The van der Waals surface area contributed by atoms with Gasteiger partial charge in [-0.15, -0.1) is 11.3 Å². The second-order valence-electron chi connectivity index (χ2n) is 6.74. The maximum atomic E-state index is 12.5. The SMILES string of the molecule is O=C(Nc1cc2cc(-c3cncs3)cnc2cn1)C1CCC(CO)CC1. The Labute approximate surface area is 155 Å². The Kier molecular flexibility index (Phi) is 4.90. The van der Waals surface area contributed by atoms with Crippen molar-refractivity contribution >= 4 is 34.0 Å². The molecule has 0 radical (unpaired) electrons. The third kappa shape index (κ3) is 3.59. The zero-order valence-electron chi connectivity index (χ0n) is 14.3. The van der Waals surface area contributed by atoms with Crippen LogP contribution in [0.1, 0.15) is 25.7 Å². The number of rotatable bonds is 4. The van der Waals surface area contributed by atoms with E-state index in [9.17, 15) is 9.90 Å². The first kappa shape index (κ1) is 17.1. The molecule has 0 saturated heterocycles. The summed E-state index contributed by atoms with van der Waals surface area (Å²) in [5.41, 5.74) is 3.59. The molecule has 26 heavy (non-hydrogen) atoms. The molecule has 7 heteroatoms. The minimum atomic E-state index is -0.00282. The van der Waals surface area contributed by atoms with Crippen molar-refractivity contribution in [2.75, 3.05) is 11.9 Å². The first-order valence-corrected chi connectivity index (χ1v) is 9.67. The Morgan fingerprint density at radius 3 is 2.73 bits per heavy atom. The van der Waals surface area contributed by atoms with Crippen molar-refractivity contribution in [2.24, 2.45) is 11.8 Å². The molecule has 3 aromatic heterocycles. The van der Waals surface area contributed by atoms with Gasteiger partial charge in [0.2, 0.25) is 5.91 Å². The standard InChI is InChI=1S/C19H20N4O2S/c24-10-12-1-3-13(4-2-12)19(25)23-18-6-14-5-15(17-9-20-11-26-17)7-21-16(14)8-22-18/h5-9,11-13,24H,1-4,10H2,(H,22,23,25). The van der Waals surface area contributed by atoms with Crippen LogP contribution in [0.15, 0.2) is 36.2 Å². The minimum absolute atomic E-state index is 0.00282. The monoisotopic (exact) mass is 368 g/mol. The molecule has 0 bridgehead atoms. The average Bonchev–Trinajstić information content (AvgIpc) is 3.22. The molecule has 0 aromatic carbocycles. The molecule has 2 N–H and O–H groups in total. The van der Waals surface area contributed by atoms with Crippen LogP contribution in [-0.2, 0) is 4.79 Å². The summed E-state index contributed by atoms with van der Waals surface area (Å²) in [6.07, 6.45) is 8.77. The second-order valence-corrected chi connectivity index (χ2v) is 7.63. The number of aromatic nitrogens is 3. The fourth-order valence-corrected chi connectivity index (χ4v) is 4.03. The van der Waals surface area contributed by atoms with Crippen LogP contribution in [0.4, 0.5) is 5.82 Å². The number of thiazole rings is 1. The van der Waals surface area contributed by atoms with Gasteiger partial charge < -0.3 is 10.4 Å². The molecule has 1 amide bonds. The van der Waals surface area contributed by atoms with Gasteiger partial charge in [-0.1, -0.05) is 0 Å². The second kappa shape index (κ2) is 7.47. The number of aliphatic hydroxyl groups is 1. The fraction of sp³-hybridized carbons (Fsp3) is 0.368. The molecule has 1 fully saturated rings. The van der Waals surface area contributed by atoms with Gasteiger partial charge in [-0.25, -0.2) is 4.98 Å². The molecule has 4 rings (SSSR count). The van der Waals surface area contributed by atoms with E-state index in [1.165, 1.54) is 0 Å². The minimum Gasteiger partial charge on any atom is -0.396 e. The molecular formula is C19H20N4O2S. The van der Waals surface area contributed by atoms with Crippen molar-refractivity contribution in [3.63, 3.8) is 0 Å². The lowest BCUT2D eigenvalue weighted by atomic mass is 9.82. The van der Waals surface area contributed by atoms with E-state index in [0.29, 0.717) is 11.7 Å². The number of nitrogens with zero attached hydrogens (tertiary/aromatic N) is 3. The molecule has 6 nitrogen and oxygen atoms in total. The van der Waals surface area contributed by atoms with Crippen LogP contribution in [0, 0.1) is 11.8 Å². The predicted molar refractivity (Wildman–Crippen MR) is 102 cm³/mol. The number of anilines is 1. The number of hydrogen-bond acceptors (Lipinski definition) is 6. The molecule has 1 aliphatic carbocycles. The molecule has 0 atom stereocenters. The van der Waals surface area contributed by atoms with E-state index in [4.69, 9.17) is 0 Å². The van der Waals surface area contributed by atoms with Gasteiger partial charge in [0.1, 0.15) is 5.82 Å². The summed E-state index contributed by atoms with van der Waals surface area (Å²) < 4.78 is 0. The zero-order chi connectivity index (χ0) is 17.9. The van der Waals surface area contributed by atoms with Crippen molar-refractivity contribution in [3.05, 3.63) is 36.2 Å². The number of pyridine rings is 2. The van der Waals surface area contributed by atoms with Crippen LogP contribution in [0.25, 0.3) is 21.3 Å². The lowest BCUT2D eigenvalue weighted by molar-refractivity contribution is -0.121. The number of amides is 1. The highest BCUT2D eigenvalue weighted by Gasteiger charge is 2.26. The summed E-state index contributed by atoms with van der Waals surface area (Å²) in [6.45, 7) is 0.218. The summed E-state index contributed by atoms with van der Waals surface area (Å²) in [5, 5.41) is 13.1. The third-order valence-corrected chi connectivity index (χ3v) is 5.83. The molecule has 0 aliphatic heterocycles. The largest absolute Gasteiger partial charge is 0.396 e.